The summed E-state index contributed by atoms with van der Waals surface area (Å²) in [6.07, 6.45) is 2.74. The molecule has 0 aliphatic rings. The lowest BCUT2D eigenvalue weighted by Gasteiger charge is -2.28. The third-order valence-corrected chi connectivity index (χ3v) is 5.07. The van der Waals surface area contributed by atoms with Crippen LogP contribution >= 0.6 is 31.9 Å². The van der Waals surface area contributed by atoms with E-state index in [1.165, 1.54) is 26.6 Å². The van der Waals surface area contributed by atoms with Gasteiger partial charge in [0.1, 0.15) is 11.1 Å². The van der Waals surface area contributed by atoms with Crippen LogP contribution in [-0.4, -0.2) is 31.1 Å². The summed E-state index contributed by atoms with van der Waals surface area (Å²) in [5, 5.41) is 0. The SMILES string of the molecule is COC(=O)c1cncc(C(=O)OC)c1N(c1cccc(Br)c1)c1cccc(Br)c1. The zero-order valence-corrected chi connectivity index (χ0v) is 18.7. The Kier molecular flexibility index (Phi) is 6.66. The second-order valence-corrected chi connectivity index (χ2v) is 7.69. The van der Waals surface area contributed by atoms with Gasteiger partial charge < -0.3 is 14.4 Å². The maximum atomic E-state index is 12.5. The maximum Gasteiger partial charge on any atom is 0.341 e. The Labute approximate surface area is 184 Å². The minimum absolute atomic E-state index is 0.135. The molecule has 6 nitrogen and oxygen atoms in total. The molecule has 0 aliphatic heterocycles. The highest BCUT2D eigenvalue weighted by molar-refractivity contribution is 9.10. The van der Waals surface area contributed by atoms with E-state index in [0.29, 0.717) is 5.69 Å². The van der Waals surface area contributed by atoms with Gasteiger partial charge in [0.25, 0.3) is 0 Å². The smallest absolute Gasteiger partial charge is 0.341 e. The Bertz CT molecular complexity index is 992. The van der Waals surface area contributed by atoms with Gasteiger partial charge in [-0.05, 0) is 36.4 Å². The zero-order chi connectivity index (χ0) is 21.0. The average Bonchev–Trinajstić information content (AvgIpc) is 2.73. The van der Waals surface area contributed by atoms with E-state index in [0.717, 1.165) is 20.3 Å². The van der Waals surface area contributed by atoms with Crippen LogP contribution in [0.1, 0.15) is 20.7 Å². The summed E-state index contributed by atoms with van der Waals surface area (Å²) in [6, 6.07) is 15.0. The number of pyridine rings is 1. The van der Waals surface area contributed by atoms with E-state index in [4.69, 9.17) is 9.47 Å². The molecule has 0 spiro atoms. The average molecular weight is 520 g/mol. The molecule has 29 heavy (non-hydrogen) atoms. The van der Waals surface area contributed by atoms with Crippen molar-refractivity contribution >= 4 is 60.9 Å². The van der Waals surface area contributed by atoms with Gasteiger partial charge in [0.05, 0.1) is 19.9 Å². The van der Waals surface area contributed by atoms with Gasteiger partial charge in [-0.15, -0.1) is 0 Å². The van der Waals surface area contributed by atoms with Crippen LogP contribution in [0.2, 0.25) is 0 Å². The van der Waals surface area contributed by atoms with Crippen LogP contribution in [0.5, 0.6) is 0 Å². The number of carbonyl (C=O) groups excluding carboxylic acids is 2. The fourth-order valence-corrected chi connectivity index (χ4v) is 3.63. The molecule has 8 heteroatoms. The van der Waals surface area contributed by atoms with Gasteiger partial charge in [0.2, 0.25) is 0 Å². The summed E-state index contributed by atoms with van der Waals surface area (Å²) in [6.45, 7) is 0. The number of methoxy groups -OCH3 is 2. The number of ether oxygens (including phenoxy) is 2. The van der Waals surface area contributed by atoms with Crippen molar-refractivity contribution in [2.75, 3.05) is 19.1 Å². The van der Waals surface area contributed by atoms with Crippen LogP contribution in [0, 0.1) is 0 Å². The van der Waals surface area contributed by atoms with E-state index in [9.17, 15) is 9.59 Å². The fraction of sp³-hybridized carbons (Fsp3) is 0.0952. The van der Waals surface area contributed by atoms with Gasteiger partial charge in [0.15, 0.2) is 0 Å². The standard InChI is InChI=1S/C21H16Br2N2O4/c1-28-20(26)17-11-24-12-18(21(27)29-2)19(17)25(15-7-3-5-13(22)9-15)16-8-4-6-14(23)10-16/h3-12H,1-2H3. The summed E-state index contributed by atoms with van der Waals surface area (Å²) in [7, 11) is 2.55. The third kappa shape index (κ3) is 4.49. The van der Waals surface area contributed by atoms with Gasteiger partial charge in [-0.2, -0.15) is 0 Å². The number of carbonyl (C=O) groups is 2. The van der Waals surface area contributed by atoms with E-state index < -0.39 is 11.9 Å². The normalized spacial score (nSPS) is 10.3. The predicted octanol–water partition coefficient (Wildman–Crippen LogP) is 5.65. The molecule has 0 saturated carbocycles. The Hall–Kier alpha value is -2.71. The molecule has 3 aromatic rings. The molecule has 148 valence electrons. The summed E-state index contributed by atoms with van der Waals surface area (Å²) in [5.74, 6) is -1.23. The minimum atomic E-state index is -0.617. The topological polar surface area (TPSA) is 68.7 Å². The Balaban J connectivity index is 2.39. The van der Waals surface area contributed by atoms with Gasteiger partial charge in [0, 0.05) is 32.7 Å². The number of esters is 2. The number of rotatable bonds is 5. The van der Waals surface area contributed by atoms with Crippen molar-refractivity contribution in [3.05, 3.63) is 81.0 Å². The molecule has 1 aromatic heterocycles. The summed E-state index contributed by atoms with van der Waals surface area (Å²) in [5.41, 5.74) is 2.03. The molecule has 0 aliphatic carbocycles. The maximum absolute atomic E-state index is 12.5. The number of halogens is 2. The quantitative estimate of drug-likeness (QED) is 0.406. The van der Waals surface area contributed by atoms with Gasteiger partial charge in [-0.25, -0.2) is 9.59 Å². The predicted molar refractivity (Wildman–Crippen MR) is 117 cm³/mol. The van der Waals surface area contributed by atoms with Crippen LogP contribution in [0.15, 0.2) is 69.9 Å². The molecule has 0 amide bonds. The van der Waals surface area contributed by atoms with E-state index in [2.05, 4.69) is 36.8 Å². The first kappa shape index (κ1) is 21.0. The first-order valence-electron chi connectivity index (χ1n) is 8.42. The lowest BCUT2D eigenvalue weighted by Crippen LogP contribution is -2.20. The third-order valence-electron chi connectivity index (χ3n) is 4.08. The molecule has 0 N–H and O–H groups in total. The fourth-order valence-electron chi connectivity index (χ4n) is 2.85. The highest BCUT2D eigenvalue weighted by Gasteiger charge is 2.27. The van der Waals surface area contributed by atoms with Crippen LogP contribution in [0.25, 0.3) is 0 Å². The number of nitrogens with zero attached hydrogens (tertiary/aromatic N) is 2. The van der Waals surface area contributed by atoms with Gasteiger partial charge in [-0.3, -0.25) is 4.98 Å². The molecule has 0 unspecified atom stereocenters. The van der Waals surface area contributed by atoms with Crippen LogP contribution in [0.4, 0.5) is 17.1 Å². The lowest BCUT2D eigenvalue weighted by atomic mass is 10.1. The van der Waals surface area contributed by atoms with E-state index in [1.807, 2.05) is 48.5 Å². The molecule has 0 saturated heterocycles. The van der Waals surface area contributed by atoms with Crippen LogP contribution < -0.4 is 4.90 Å². The number of hydrogen-bond donors (Lipinski definition) is 0. The van der Waals surface area contributed by atoms with Crippen molar-refractivity contribution in [3.63, 3.8) is 0 Å². The molecule has 3 rings (SSSR count). The first-order chi connectivity index (χ1) is 14.0. The summed E-state index contributed by atoms with van der Waals surface area (Å²) in [4.78, 5) is 30.9. The van der Waals surface area contributed by atoms with Gasteiger partial charge in [-0.1, -0.05) is 44.0 Å². The second-order valence-electron chi connectivity index (χ2n) is 5.86. The van der Waals surface area contributed by atoms with Crippen LogP contribution in [-0.2, 0) is 9.47 Å². The molecule has 0 radical (unpaired) electrons. The van der Waals surface area contributed by atoms with Crippen molar-refractivity contribution < 1.29 is 19.1 Å². The van der Waals surface area contributed by atoms with E-state index in [1.54, 1.807) is 4.90 Å². The molecular weight excluding hydrogens is 504 g/mol. The molecule has 0 fully saturated rings. The summed E-state index contributed by atoms with van der Waals surface area (Å²) < 4.78 is 11.5. The molecular formula is C21H16Br2N2O4. The van der Waals surface area contributed by atoms with Gasteiger partial charge >= 0.3 is 11.9 Å². The molecule has 0 bridgehead atoms. The number of aromatic nitrogens is 1. The Morgan fingerprint density at radius 1 is 0.828 bits per heavy atom. The van der Waals surface area contributed by atoms with Crippen molar-refractivity contribution in [2.45, 2.75) is 0 Å². The highest BCUT2D eigenvalue weighted by atomic mass is 79.9. The second kappa shape index (κ2) is 9.19. The number of hydrogen-bond acceptors (Lipinski definition) is 6. The van der Waals surface area contributed by atoms with Crippen molar-refractivity contribution in [1.82, 2.24) is 4.98 Å². The zero-order valence-electron chi connectivity index (χ0n) is 15.6. The minimum Gasteiger partial charge on any atom is -0.465 e. The molecule has 1 heterocycles. The summed E-state index contributed by atoms with van der Waals surface area (Å²) >= 11 is 6.96. The Morgan fingerprint density at radius 3 is 1.66 bits per heavy atom. The number of anilines is 3. The highest BCUT2D eigenvalue weighted by Crippen LogP contribution is 2.40. The monoisotopic (exact) mass is 518 g/mol. The van der Waals surface area contributed by atoms with Crippen molar-refractivity contribution in [3.8, 4) is 0 Å². The van der Waals surface area contributed by atoms with Crippen molar-refractivity contribution in [2.24, 2.45) is 0 Å². The van der Waals surface area contributed by atoms with E-state index in [-0.39, 0.29) is 11.1 Å². The largest absolute Gasteiger partial charge is 0.465 e. The van der Waals surface area contributed by atoms with E-state index >= 15 is 0 Å². The molecule has 2 aromatic carbocycles. The van der Waals surface area contributed by atoms with Crippen molar-refractivity contribution in [1.29, 1.82) is 0 Å². The Morgan fingerprint density at radius 2 is 1.28 bits per heavy atom. The molecule has 0 atom stereocenters. The lowest BCUT2D eigenvalue weighted by molar-refractivity contribution is 0.0600. The first-order valence-corrected chi connectivity index (χ1v) is 10.0. The van der Waals surface area contributed by atoms with Crippen LogP contribution in [0.3, 0.4) is 0 Å². The number of benzene rings is 2.